The van der Waals surface area contributed by atoms with Crippen molar-refractivity contribution in [3.05, 3.63) is 94.0 Å². The molecule has 0 aliphatic carbocycles. The van der Waals surface area contributed by atoms with Crippen LogP contribution in [0.15, 0.2) is 66.7 Å². The minimum Gasteiger partial charge on any atom is -0.465 e. The van der Waals surface area contributed by atoms with Gasteiger partial charge in [0.05, 0.1) is 29.6 Å². The molecule has 7 heteroatoms. The highest BCUT2D eigenvalue weighted by atomic mass is 35.5. The largest absolute Gasteiger partial charge is 0.465 e. The maximum atomic E-state index is 13.1. The van der Waals surface area contributed by atoms with Gasteiger partial charge in [0.2, 0.25) is 0 Å². The zero-order valence-electron chi connectivity index (χ0n) is 18.6. The molecule has 1 amide bonds. The summed E-state index contributed by atoms with van der Waals surface area (Å²) in [5.74, 6) is -0.716. The van der Waals surface area contributed by atoms with Gasteiger partial charge in [0.15, 0.2) is 0 Å². The van der Waals surface area contributed by atoms with E-state index in [1.54, 1.807) is 18.2 Å². The molecular weight excluding hydrogens is 438 g/mol. The molecule has 0 saturated carbocycles. The third kappa shape index (κ3) is 4.77. The Morgan fingerprint density at radius 1 is 1.03 bits per heavy atom. The number of carbonyl (C=O) groups is 2. The summed E-state index contributed by atoms with van der Waals surface area (Å²) in [6.07, 6.45) is 0. The zero-order valence-corrected chi connectivity index (χ0v) is 19.4. The number of hydrogen-bond acceptors (Lipinski definition) is 5. The molecule has 0 aromatic heterocycles. The number of halogens is 1. The average molecular weight is 462 g/mol. The number of amides is 1. The number of carbonyl (C=O) groups excluding carboxylic acids is 2. The van der Waals surface area contributed by atoms with Crippen LogP contribution in [0, 0.1) is 0 Å². The Morgan fingerprint density at radius 3 is 2.45 bits per heavy atom. The molecule has 0 spiro atoms. The first-order valence-electron chi connectivity index (χ1n) is 10.4. The number of hydrogen-bond donors (Lipinski definition) is 2. The van der Waals surface area contributed by atoms with Crippen LogP contribution in [0.2, 0.25) is 5.02 Å². The molecule has 0 fully saturated rings. The molecule has 3 aromatic carbocycles. The number of nitrogens with zero attached hydrogens (tertiary/aromatic N) is 1. The van der Waals surface area contributed by atoms with Gasteiger partial charge in [0, 0.05) is 22.8 Å². The Kier molecular flexibility index (Phi) is 6.49. The van der Waals surface area contributed by atoms with E-state index >= 15 is 0 Å². The van der Waals surface area contributed by atoms with Crippen LogP contribution in [0.5, 0.6) is 0 Å². The van der Waals surface area contributed by atoms with Gasteiger partial charge < -0.3 is 20.3 Å². The van der Waals surface area contributed by atoms with Crippen LogP contribution in [0.4, 0.5) is 11.4 Å². The maximum absolute atomic E-state index is 13.1. The molecule has 3 aromatic rings. The van der Waals surface area contributed by atoms with E-state index in [1.807, 2.05) is 67.5 Å². The zero-order chi connectivity index (χ0) is 23.5. The predicted molar refractivity (Wildman–Crippen MR) is 132 cm³/mol. The maximum Gasteiger partial charge on any atom is 0.337 e. The van der Waals surface area contributed by atoms with Gasteiger partial charge in [-0.3, -0.25) is 4.79 Å². The topological polar surface area (TPSA) is 70.7 Å². The van der Waals surface area contributed by atoms with Gasteiger partial charge in [-0.2, -0.15) is 0 Å². The lowest BCUT2D eigenvalue weighted by Gasteiger charge is -2.17. The van der Waals surface area contributed by atoms with Crippen molar-refractivity contribution in [3.8, 4) is 0 Å². The van der Waals surface area contributed by atoms with Crippen molar-refractivity contribution in [1.82, 2.24) is 4.90 Å². The molecule has 0 saturated heterocycles. The van der Waals surface area contributed by atoms with Crippen LogP contribution >= 0.6 is 11.6 Å². The Labute approximate surface area is 197 Å². The van der Waals surface area contributed by atoms with Crippen molar-refractivity contribution in [2.24, 2.45) is 0 Å². The van der Waals surface area contributed by atoms with Crippen LogP contribution in [0.3, 0.4) is 0 Å². The summed E-state index contributed by atoms with van der Waals surface area (Å²) in [6.45, 7) is 0.726. The molecule has 4 rings (SSSR count). The van der Waals surface area contributed by atoms with Crippen molar-refractivity contribution in [2.45, 2.75) is 6.54 Å². The molecule has 33 heavy (non-hydrogen) atoms. The number of esters is 1. The van der Waals surface area contributed by atoms with Gasteiger partial charge in [-0.05, 0) is 49.5 Å². The number of fused-ring (bicyclic) bond motifs is 1. The number of rotatable bonds is 6. The molecule has 0 bridgehead atoms. The SMILES string of the molecule is COC(=O)c1ccc2c(c1)NC(=O)C2=C(Nc1ccc(CN(C)C)c(Cl)c1)c1ccccc1. The first-order chi connectivity index (χ1) is 15.9. The second-order valence-electron chi connectivity index (χ2n) is 7.99. The Balaban J connectivity index is 1.81. The molecule has 0 atom stereocenters. The van der Waals surface area contributed by atoms with Gasteiger partial charge in [-0.25, -0.2) is 4.79 Å². The van der Waals surface area contributed by atoms with Crippen molar-refractivity contribution in [1.29, 1.82) is 0 Å². The molecular formula is C26H24ClN3O3. The third-order valence-electron chi connectivity index (χ3n) is 5.31. The van der Waals surface area contributed by atoms with Gasteiger partial charge in [-0.1, -0.05) is 54.1 Å². The number of methoxy groups -OCH3 is 1. The monoisotopic (exact) mass is 461 g/mol. The number of nitrogens with one attached hydrogen (secondary N) is 2. The predicted octanol–water partition coefficient (Wildman–Crippen LogP) is 5.12. The van der Waals surface area contributed by atoms with E-state index in [9.17, 15) is 9.59 Å². The highest BCUT2D eigenvalue weighted by Gasteiger charge is 2.29. The molecule has 6 nitrogen and oxygen atoms in total. The molecule has 0 unspecified atom stereocenters. The lowest BCUT2D eigenvalue weighted by molar-refractivity contribution is -0.110. The Hall–Kier alpha value is -3.61. The summed E-state index contributed by atoms with van der Waals surface area (Å²) >= 11 is 6.53. The second-order valence-corrected chi connectivity index (χ2v) is 8.40. The summed E-state index contributed by atoms with van der Waals surface area (Å²) in [6, 6.07) is 20.4. The lowest BCUT2D eigenvalue weighted by Crippen LogP contribution is -2.12. The van der Waals surface area contributed by atoms with Crippen molar-refractivity contribution in [3.63, 3.8) is 0 Å². The van der Waals surface area contributed by atoms with E-state index < -0.39 is 5.97 Å². The van der Waals surface area contributed by atoms with E-state index in [4.69, 9.17) is 16.3 Å². The Bertz CT molecular complexity index is 1250. The summed E-state index contributed by atoms with van der Waals surface area (Å²) in [5.41, 5.74) is 5.40. The number of anilines is 2. The molecule has 1 aliphatic rings. The minimum atomic E-state index is -0.460. The normalized spacial score (nSPS) is 14.0. The van der Waals surface area contributed by atoms with Crippen LogP contribution < -0.4 is 10.6 Å². The molecule has 2 N–H and O–H groups in total. The second kappa shape index (κ2) is 9.48. The fourth-order valence-corrected chi connectivity index (χ4v) is 4.03. The molecule has 0 radical (unpaired) electrons. The summed E-state index contributed by atoms with van der Waals surface area (Å²) < 4.78 is 4.80. The molecule has 168 valence electrons. The fourth-order valence-electron chi connectivity index (χ4n) is 3.79. The highest BCUT2D eigenvalue weighted by molar-refractivity contribution is 6.37. The van der Waals surface area contributed by atoms with Crippen LogP contribution in [-0.2, 0) is 16.1 Å². The number of ether oxygens (including phenoxy) is 1. The van der Waals surface area contributed by atoms with Gasteiger partial charge in [0.25, 0.3) is 5.91 Å². The first kappa shape index (κ1) is 22.6. The van der Waals surface area contributed by atoms with E-state index in [-0.39, 0.29) is 5.91 Å². The quantitative estimate of drug-likeness (QED) is 0.394. The third-order valence-corrected chi connectivity index (χ3v) is 5.66. The van der Waals surface area contributed by atoms with Gasteiger partial charge >= 0.3 is 5.97 Å². The number of benzene rings is 3. The highest BCUT2D eigenvalue weighted by Crippen LogP contribution is 2.38. The van der Waals surface area contributed by atoms with E-state index in [2.05, 4.69) is 10.6 Å². The van der Waals surface area contributed by atoms with Crippen LogP contribution in [-0.4, -0.2) is 38.0 Å². The van der Waals surface area contributed by atoms with E-state index in [0.29, 0.717) is 33.1 Å². The average Bonchev–Trinajstić information content (AvgIpc) is 3.13. The fraction of sp³-hybridized carbons (Fsp3) is 0.154. The van der Waals surface area contributed by atoms with Crippen LogP contribution in [0.1, 0.15) is 27.0 Å². The molecule has 1 aliphatic heterocycles. The standard InChI is InChI=1S/C26H24ClN3O3/c1-30(2)15-18-9-11-19(14-21(18)27)28-24(16-7-5-4-6-8-16)23-20-12-10-17(26(32)33-3)13-22(20)29-25(23)31/h4-14,28H,15H2,1-3H3,(H,29,31). The van der Waals surface area contributed by atoms with Crippen molar-refractivity contribution in [2.75, 3.05) is 31.8 Å². The van der Waals surface area contributed by atoms with Crippen molar-refractivity contribution >= 4 is 46.1 Å². The Morgan fingerprint density at radius 2 is 1.79 bits per heavy atom. The summed E-state index contributed by atoms with van der Waals surface area (Å²) in [7, 11) is 5.30. The first-order valence-corrected chi connectivity index (χ1v) is 10.8. The lowest BCUT2D eigenvalue weighted by atomic mass is 9.99. The van der Waals surface area contributed by atoms with E-state index in [1.165, 1.54) is 7.11 Å². The van der Waals surface area contributed by atoms with Gasteiger partial charge in [0.1, 0.15) is 0 Å². The minimum absolute atomic E-state index is 0.256. The van der Waals surface area contributed by atoms with Crippen LogP contribution in [0.25, 0.3) is 11.3 Å². The summed E-state index contributed by atoms with van der Waals surface area (Å²) in [4.78, 5) is 27.0. The summed E-state index contributed by atoms with van der Waals surface area (Å²) in [5, 5.41) is 6.92. The smallest absolute Gasteiger partial charge is 0.337 e. The van der Waals surface area contributed by atoms with Crippen molar-refractivity contribution < 1.29 is 14.3 Å². The van der Waals surface area contributed by atoms with Gasteiger partial charge in [-0.15, -0.1) is 0 Å². The van der Waals surface area contributed by atoms with E-state index in [0.717, 1.165) is 23.4 Å². The molecule has 1 heterocycles.